The average Bonchev–Trinajstić information content (AvgIpc) is 3.36. The van der Waals surface area contributed by atoms with E-state index in [-0.39, 0.29) is 10.7 Å². The number of rotatable bonds is 4. The zero-order valence-electron chi connectivity index (χ0n) is 16.2. The predicted octanol–water partition coefficient (Wildman–Crippen LogP) is 4.45. The highest BCUT2D eigenvalue weighted by Gasteiger charge is 2.25. The normalized spacial score (nSPS) is 14.1. The summed E-state index contributed by atoms with van der Waals surface area (Å²) in [4.78, 5) is 15.8. The summed E-state index contributed by atoms with van der Waals surface area (Å²) in [5.74, 6) is 0.721. The number of sulfonamides is 1. The molecule has 0 atom stereocenters. The smallest absolute Gasteiger partial charge is 0.262 e. The molecular weight excluding hydrogens is 402 g/mol. The van der Waals surface area contributed by atoms with Gasteiger partial charge in [0, 0.05) is 45.9 Å². The molecule has 0 amide bonds. The number of anilines is 1. The van der Waals surface area contributed by atoms with Crippen LogP contribution in [0, 0.1) is 6.92 Å². The Morgan fingerprint density at radius 1 is 1.10 bits per heavy atom. The van der Waals surface area contributed by atoms with Crippen LogP contribution in [0.25, 0.3) is 22.2 Å². The molecule has 0 unspecified atom stereocenters. The van der Waals surface area contributed by atoms with E-state index in [0.29, 0.717) is 34.5 Å². The molecule has 2 aromatic carbocycles. The van der Waals surface area contributed by atoms with Gasteiger partial charge >= 0.3 is 0 Å². The number of H-pyrrole nitrogens is 1. The molecule has 0 radical (unpaired) electrons. The van der Waals surface area contributed by atoms with Crippen molar-refractivity contribution in [3.8, 4) is 11.3 Å². The van der Waals surface area contributed by atoms with Crippen LogP contribution < -0.4 is 4.72 Å². The number of Topliss-reactive ketones (excluding diaryl/α,β-unsaturated/α-hetero) is 1. The molecule has 0 aliphatic heterocycles. The zero-order chi connectivity index (χ0) is 20.9. The molecule has 0 bridgehead atoms. The molecule has 1 aliphatic carbocycles. The van der Waals surface area contributed by atoms with E-state index < -0.39 is 10.0 Å². The number of ketones is 1. The van der Waals surface area contributed by atoms with Crippen molar-refractivity contribution < 1.29 is 17.7 Å². The fourth-order valence-electron chi connectivity index (χ4n) is 4.01. The van der Waals surface area contributed by atoms with Crippen molar-refractivity contribution in [3.63, 3.8) is 0 Å². The maximum atomic E-state index is 13.1. The second-order valence-electron chi connectivity index (χ2n) is 7.48. The highest BCUT2D eigenvalue weighted by Crippen LogP contribution is 2.33. The molecule has 1 aliphatic rings. The van der Waals surface area contributed by atoms with E-state index in [2.05, 4.69) is 14.9 Å². The van der Waals surface area contributed by atoms with Gasteiger partial charge < -0.3 is 9.51 Å². The van der Waals surface area contributed by atoms with E-state index >= 15 is 0 Å². The molecule has 4 aromatic rings. The summed E-state index contributed by atoms with van der Waals surface area (Å²) in [6.07, 6.45) is 3.70. The molecule has 7 nitrogen and oxygen atoms in total. The van der Waals surface area contributed by atoms with Crippen molar-refractivity contribution in [2.75, 3.05) is 4.72 Å². The molecule has 5 rings (SSSR count). The van der Waals surface area contributed by atoms with Crippen molar-refractivity contribution in [2.24, 2.45) is 0 Å². The molecule has 30 heavy (non-hydrogen) atoms. The summed E-state index contributed by atoms with van der Waals surface area (Å²) in [5.41, 5.74) is 4.11. The number of nitrogens with one attached hydrogen (secondary N) is 2. The number of hydrogen-bond acceptors (Lipinski definition) is 5. The van der Waals surface area contributed by atoms with Crippen LogP contribution in [0.5, 0.6) is 0 Å². The van der Waals surface area contributed by atoms with Gasteiger partial charge in [0.2, 0.25) is 0 Å². The van der Waals surface area contributed by atoms with Crippen molar-refractivity contribution in [1.29, 1.82) is 0 Å². The molecule has 2 aromatic heterocycles. The predicted molar refractivity (Wildman–Crippen MR) is 113 cm³/mol. The van der Waals surface area contributed by atoms with Crippen LogP contribution >= 0.6 is 0 Å². The van der Waals surface area contributed by atoms with Gasteiger partial charge in [0.15, 0.2) is 11.5 Å². The quantitative estimate of drug-likeness (QED) is 0.506. The van der Waals surface area contributed by atoms with E-state index in [4.69, 9.17) is 4.52 Å². The minimum atomic E-state index is -3.81. The third kappa shape index (κ3) is 3.09. The Balaban J connectivity index is 1.49. The Morgan fingerprint density at radius 2 is 1.90 bits per heavy atom. The Bertz CT molecular complexity index is 1370. The number of fused-ring (bicyclic) bond motifs is 3. The maximum absolute atomic E-state index is 13.1. The van der Waals surface area contributed by atoms with Gasteiger partial charge in [-0.3, -0.25) is 9.52 Å². The van der Waals surface area contributed by atoms with Crippen LogP contribution in [0.1, 0.15) is 34.5 Å². The van der Waals surface area contributed by atoms with Gasteiger partial charge in [-0.05, 0) is 61.7 Å². The van der Waals surface area contributed by atoms with Gasteiger partial charge in [-0.1, -0.05) is 5.16 Å². The number of carbonyl (C=O) groups excluding carboxylic acids is 1. The lowest BCUT2D eigenvalue weighted by Crippen LogP contribution is -2.14. The topological polar surface area (TPSA) is 105 Å². The Hall–Kier alpha value is -3.39. The van der Waals surface area contributed by atoms with E-state index in [0.717, 1.165) is 29.5 Å². The van der Waals surface area contributed by atoms with Crippen LogP contribution in [0.15, 0.2) is 58.1 Å². The number of nitrogens with zero attached hydrogens (tertiary/aromatic N) is 1. The van der Waals surface area contributed by atoms with E-state index in [1.165, 1.54) is 0 Å². The molecule has 0 fully saturated rings. The Morgan fingerprint density at radius 3 is 2.63 bits per heavy atom. The first-order chi connectivity index (χ1) is 14.4. The van der Waals surface area contributed by atoms with Gasteiger partial charge in [-0.15, -0.1) is 0 Å². The van der Waals surface area contributed by atoms with E-state index in [1.54, 1.807) is 55.6 Å². The van der Waals surface area contributed by atoms with Gasteiger partial charge in [0.1, 0.15) is 0 Å². The standard InChI is InChI=1S/C22H19N3O4S/c1-13-11-16-18(24-17-3-2-4-19(26)22(16)17)12-21(13)30(27,28)25-15-7-5-14(6-8-15)20-9-10-23-29-20/h5-12,24-25H,2-4H2,1H3. The highest BCUT2D eigenvalue weighted by molar-refractivity contribution is 7.92. The third-order valence-corrected chi connectivity index (χ3v) is 6.95. The fourth-order valence-corrected chi connectivity index (χ4v) is 5.32. The van der Waals surface area contributed by atoms with E-state index in [9.17, 15) is 13.2 Å². The summed E-state index contributed by atoms with van der Waals surface area (Å²) < 4.78 is 33.9. The summed E-state index contributed by atoms with van der Waals surface area (Å²) >= 11 is 0. The molecule has 2 heterocycles. The SMILES string of the molecule is Cc1cc2c3c([nH]c2cc1S(=O)(=O)Nc1ccc(-c2ccno2)cc1)CCCC3=O. The van der Waals surface area contributed by atoms with Crippen LogP contribution in [0.2, 0.25) is 0 Å². The van der Waals surface area contributed by atoms with Crippen LogP contribution in [0.4, 0.5) is 5.69 Å². The average molecular weight is 421 g/mol. The van der Waals surface area contributed by atoms with Gasteiger partial charge in [-0.2, -0.15) is 0 Å². The van der Waals surface area contributed by atoms with Crippen molar-refractivity contribution >= 4 is 32.4 Å². The van der Waals surface area contributed by atoms with Crippen molar-refractivity contribution in [2.45, 2.75) is 31.1 Å². The van der Waals surface area contributed by atoms with Gasteiger partial charge in [-0.25, -0.2) is 8.42 Å². The minimum absolute atomic E-state index is 0.113. The lowest BCUT2D eigenvalue weighted by atomic mass is 9.94. The summed E-state index contributed by atoms with van der Waals surface area (Å²) in [6, 6.07) is 12.0. The first-order valence-electron chi connectivity index (χ1n) is 9.65. The lowest BCUT2D eigenvalue weighted by molar-refractivity contribution is 0.0974. The zero-order valence-corrected chi connectivity index (χ0v) is 17.0. The summed E-state index contributed by atoms with van der Waals surface area (Å²) in [7, 11) is -3.81. The molecule has 0 spiro atoms. The number of aryl methyl sites for hydroxylation is 2. The van der Waals surface area contributed by atoms with Gasteiger partial charge in [0.25, 0.3) is 10.0 Å². The first kappa shape index (κ1) is 18.6. The van der Waals surface area contributed by atoms with E-state index in [1.807, 2.05) is 0 Å². The first-order valence-corrected chi connectivity index (χ1v) is 11.1. The lowest BCUT2D eigenvalue weighted by Gasteiger charge is -2.12. The molecule has 8 heteroatoms. The largest absolute Gasteiger partial charge is 0.358 e. The maximum Gasteiger partial charge on any atom is 0.262 e. The number of aromatic nitrogens is 2. The molecule has 0 saturated carbocycles. The van der Waals surface area contributed by atoms with Gasteiger partial charge in [0.05, 0.1) is 11.1 Å². The monoisotopic (exact) mass is 421 g/mol. The van der Waals surface area contributed by atoms with Crippen LogP contribution in [-0.4, -0.2) is 24.3 Å². The second kappa shape index (κ2) is 6.84. The Kier molecular flexibility index (Phi) is 4.25. The summed E-state index contributed by atoms with van der Waals surface area (Å²) in [5, 5.41) is 4.47. The number of hydrogen-bond donors (Lipinski definition) is 2. The minimum Gasteiger partial charge on any atom is -0.358 e. The number of aromatic amines is 1. The van der Waals surface area contributed by atoms with Crippen LogP contribution in [-0.2, 0) is 16.4 Å². The third-order valence-electron chi connectivity index (χ3n) is 5.43. The summed E-state index contributed by atoms with van der Waals surface area (Å²) in [6.45, 7) is 1.74. The second-order valence-corrected chi connectivity index (χ2v) is 9.13. The Labute approximate surface area is 173 Å². The number of benzene rings is 2. The van der Waals surface area contributed by atoms with Crippen molar-refractivity contribution in [3.05, 3.63) is 65.5 Å². The van der Waals surface area contributed by atoms with Crippen LogP contribution in [0.3, 0.4) is 0 Å². The molecular formula is C22H19N3O4S. The molecule has 2 N–H and O–H groups in total. The molecule has 0 saturated heterocycles. The molecule has 152 valence electrons. The number of carbonyl (C=O) groups is 1. The highest BCUT2D eigenvalue weighted by atomic mass is 32.2. The fraction of sp³-hybridized carbons (Fsp3) is 0.182. The van der Waals surface area contributed by atoms with Crippen molar-refractivity contribution in [1.82, 2.24) is 10.1 Å².